The number of carbonyl (C=O) groups excluding carboxylic acids is 1. The van der Waals surface area contributed by atoms with Crippen molar-refractivity contribution in [3.63, 3.8) is 0 Å². The highest BCUT2D eigenvalue weighted by atomic mass is 16.5. The monoisotopic (exact) mass is 305 g/mol. The van der Waals surface area contributed by atoms with E-state index in [-0.39, 0.29) is 5.97 Å². The van der Waals surface area contributed by atoms with Crippen molar-refractivity contribution in [3.05, 3.63) is 29.3 Å². The highest BCUT2D eigenvalue weighted by Crippen LogP contribution is 2.21. The highest BCUT2D eigenvalue weighted by molar-refractivity contribution is 5.91. The summed E-state index contributed by atoms with van der Waals surface area (Å²) in [5.74, 6) is -0.181. The van der Waals surface area contributed by atoms with Crippen molar-refractivity contribution >= 4 is 11.7 Å². The summed E-state index contributed by atoms with van der Waals surface area (Å²) >= 11 is 0. The maximum Gasteiger partial charge on any atom is 0.338 e. The summed E-state index contributed by atoms with van der Waals surface area (Å²) in [5, 5.41) is 0. The molecule has 0 aliphatic heterocycles. The van der Waals surface area contributed by atoms with E-state index in [1.807, 2.05) is 12.1 Å². The summed E-state index contributed by atoms with van der Waals surface area (Å²) in [6.45, 7) is 11.0. The second-order valence-electron chi connectivity index (χ2n) is 5.56. The maximum atomic E-state index is 12.2. The van der Waals surface area contributed by atoms with Crippen LogP contribution in [0.2, 0.25) is 0 Å². The first-order valence-electron chi connectivity index (χ1n) is 8.72. The Morgan fingerprint density at radius 3 is 2.36 bits per heavy atom. The van der Waals surface area contributed by atoms with Gasteiger partial charge in [0.1, 0.15) is 0 Å². The van der Waals surface area contributed by atoms with E-state index in [9.17, 15) is 4.79 Å². The zero-order chi connectivity index (χ0) is 16.4. The van der Waals surface area contributed by atoms with E-state index in [1.54, 1.807) is 0 Å². The molecule has 0 heterocycles. The number of unbranched alkanes of at least 4 members (excludes halogenated alkanes) is 3. The van der Waals surface area contributed by atoms with E-state index in [0.717, 1.165) is 37.9 Å². The molecule has 22 heavy (non-hydrogen) atoms. The van der Waals surface area contributed by atoms with Gasteiger partial charge in [0.25, 0.3) is 0 Å². The van der Waals surface area contributed by atoms with Crippen LogP contribution in [-0.4, -0.2) is 25.7 Å². The molecule has 0 atom stereocenters. The van der Waals surface area contributed by atoms with E-state index in [0.29, 0.717) is 12.2 Å². The Hall–Kier alpha value is -1.51. The summed E-state index contributed by atoms with van der Waals surface area (Å²) < 4.78 is 5.42. The normalized spacial score (nSPS) is 10.5. The molecule has 0 N–H and O–H groups in total. The first-order chi connectivity index (χ1) is 10.7. The van der Waals surface area contributed by atoms with Gasteiger partial charge in [-0.15, -0.1) is 0 Å². The molecule has 0 saturated heterocycles. The third kappa shape index (κ3) is 5.36. The van der Waals surface area contributed by atoms with Crippen LogP contribution in [0.15, 0.2) is 18.2 Å². The lowest BCUT2D eigenvalue weighted by Crippen LogP contribution is -2.22. The second kappa shape index (κ2) is 10.3. The summed E-state index contributed by atoms with van der Waals surface area (Å²) in [6.07, 6.45) is 5.33. The molecule has 0 bridgehead atoms. The number of benzene rings is 1. The average molecular weight is 305 g/mol. The number of hydrogen-bond donors (Lipinski definition) is 0. The van der Waals surface area contributed by atoms with Crippen LogP contribution >= 0.6 is 0 Å². The zero-order valence-corrected chi connectivity index (χ0v) is 14.7. The van der Waals surface area contributed by atoms with Crippen molar-refractivity contribution in [2.24, 2.45) is 0 Å². The fourth-order valence-electron chi connectivity index (χ4n) is 2.63. The number of aryl methyl sites for hydroxylation is 1. The first-order valence-corrected chi connectivity index (χ1v) is 8.72. The molecule has 0 aliphatic rings. The standard InChI is InChI=1S/C19H31NO2/c1-5-9-10-11-14-22-19(21)18-13-12-17(15-16(18)6-2)20(7-3)8-4/h12-13,15H,5-11,14H2,1-4H3. The van der Waals surface area contributed by atoms with Crippen LogP contribution in [-0.2, 0) is 11.2 Å². The fourth-order valence-corrected chi connectivity index (χ4v) is 2.63. The number of anilines is 1. The molecule has 124 valence electrons. The van der Waals surface area contributed by atoms with E-state index >= 15 is 0 Å². The van der Waals surface area contributed by atoms with Gasteiger partial charge in [-0.2, -0.15) is 0 Å². The largest absolute Gasteiger partial charge is 0.462 e. The third-order valence-corrected chi connectivity index (χ3v) is 4.05. The van der Waals surface area contributed by atoms with Gasteiger partial charge in [-0.1, -0.05) is 33.1 Å². The predicted molar refractivity (Wildman–Crippen MR) is 93.8 cm³/mol. The second-order valence-corrected chi connectivity index (χ2v) is 5.56. The molecule has 3 nitrogen and oxygen atoms in total. The van der Waals surface area contributed by atoms with Crippen molar-refractivity contribution < 1.29 is 9.53 Å². The summed E-state index contributed by atoms with van der Waals surface area (Å²) in [4.78, 5) is 14.5. The van der Waals surface area contributed by atoms with Gasteiger partial charge in [-0.05, 0) is 50.5 Å². The van der Waals surface area contributed by atoms with Crippen molar-refractivity contribution in [1.82, 2.24) is 0 Å². The number of ether oxygens (including phenoxy) is 1. The Morgan fingerprint density at radius 1 is 1.05 bits per heavy atom. The van der Waals surface area contributed by atoms with E-state index in [2.05, 4.69) is 38.7 Å². The summed E-state index contributed by atoms with van der Waals surface area (Å²) in [7, 11) is 0. The van der Waals surface area contributed by atoms with Gasteiger partial charge < -0.3 is 9.64 Å². The maximum absolute atomic E-state index is 12.2. The lowest BCUT2D eigenvalue weighted by atomic mass is 10.0. The van der Waals surface area contributed by atoms with Crippen LogP contribution in [0.1, 0.15) is 69.3 Å². The summed E-state index contributed by atoms with van der Waals surface area (Å²) in [6, 6.07) is 6.07. The molecule has 0 saturated carbocycles. The molecule has 0 aliphatic carbocycles. The van der Waals surface area contributed by atoms with Gasteiger partial charge >= 0.3 is 5.97 Å². The number of rotatable bonds is 10. The van der Waals surface area contributed by atoms with Gasteiger partial charge in [0.2, 0.25) is 0 Å². The van der Waals surface area contributed by atoms with Crippen molar-refractivity contribution in [2.45, 2.75) is 59.8 Å². The van der Waals surface area contributed by atoms with Crippen molar-refractivity contribution in [2.75, 3.05) is 24.6 Å². The molecule has 0 unspecified atom stereocenters. The fraction of sp³-hybridized carbons (Fsp3) is 0.632. The number of esters is 1. The van der Waals surface area contributed by atoms with Gasteiger partial charge in [-0.25, -0.2) is 4.79 Å². The molecule has 0 spiro atoms. The van der Waals surface area contributed by atoms with Crippen LogP contribution in [0, 0.1) is 0 Å². The van der Waals surface area contributed by atoms with Crippen LogP contribution in [0.3, 0.4) is 0 Å². The Morgan fingerprint density at radius 2 is 1.77 bits per heavy atom. The van der Waals surface area contributed by atoms with Crippen molar-refractivity contribution in [1.29, 1.82) is 0 Å². The molecule has 0 radical (unpaired) electrons. The van der Waals surface area contributed by atoms with E-state index in [4.69, 9.17) is 4.74 Å². The van der Waals surface area contributed by atoms with Gasteiger partial charge in [0.15, 0.2) is 0 Å². The lowest BCUT2D eigenvalue weighted by Gasteiger charge is -2.22. The predicted octanol–water partition coefficient (Wildman–Crippen LogP) is 4.83. The lowest BCUT2D eigenvalue weighted by molar-refractivity contribution is 0.0496. The van der Waals surface area contributed by atoms with E-state index < -0.39 is 0 Å². The van der Waals surface area contributed by atoms with Gasteiger partial charge in [0.05, 0.1) is 12.2 Å². The Kier molecular flexibility index (Phi) is 8.64. The quantitative estimate of drug-likeness (QED) is 0.458. The molecule has 1 aromatic rings. The molecule has 0 aromatic heterocycles. The van der Waals surface area contributed by atoms with Crippen LogP contribution in [0.5, 0.6) is 0 Å². The van der Waals surface area contributed by atoms with Crippen molar-refractivity contribution in [3.8, 4) is 0 Å². The Bertz CT molecular complexity index is 453. The minimum absolute atomic E-state index is 0.181. The average Bonchev–Trinajstić information content (AvgIpc) is 2.55. The zero-order valence-electron chi connectivity index (χ0n) is 14.7. The number of nitrogens with zero attached hydrogens (tertiary/aromatic N) is 1. The third-order valence-electron chi connectivity index (χ3n) is 4.05. The molecular formula is C19H31NO2. The minimum Gasteiger partial charge on any atom is -0.462 e. The van der Waals surface area contributed by atoms with Crippen LogP contribution in [0.25, 0.3) is 0 Å². The number of hydrogen-bond acceptors (Lipinski definition) is 3. The Balaban J connectivity index is 2.71. The van der Waals surface area contributed by atoms with E-state index in [1.165, 1.54) is 18.5 Å². The minimum atomic E-state index is -0.181. The van der Waals surface area contributed by atoms with Crippen LogP contribution in [0.4, 0.5) is 5.69 Å². The smallest absolute Gasteiger partial charge is 0.338 e. The van der Waals surface area contributed by atoms with Gasteiger partial charge in [-0.3, -0.25) is 0 Å². The highest BCUT2D eigenvalue weighted by Gasteiger charge is 2.13. The molecule has 1 rings (SSSR count). The SMILES string of the molecule is CCCCCCOC(=O)c1ccc(N(CC)CC)cc1CC. The molecule has 0 amide bonds. The van der Waals surface area contributed by atoms with Crippen LogP contribution < -0.4 is 4.90 Å². The molecular weight excluding hydrogens is 274 g/mol. The molecule has 3 heteroatoms. The topological polar surface area (TPSA) is 29.5 Å². The number of carbonyl (C=O) groups is 1. The molecule has 0 fully saturated rings. The first kappa shape index (κ1) is 18.5. The summed E-state index contributed by atoms with van der Waals surface area (Å²) in [5.41, 5.74) is 2.97. The molecule has 1 aromatic carbocycles. The van der Waals surface area contributed by atoms with Gasteiger partial charge in [0, 0.05) is 18.8 Å². The Labute approximate surface area is 135 Å².